The van der Waals surface area contributed by atoms with E-state index in [0.29, 0.717) is 26.1 Å². The van der Waals surface area contributed by atoms with E-state index in [9.17, 15) is 9.59 Å². The summed E-state index contributed by atoms with van der Waals surface area (Å²) in [5, 5.41) is 0. The molecule has 2 heterocycles. The Balaban J connectivity index is 2.10. The third kappa shape index (κ3) is 6.31. The van der Waals surface area contributed by atoms with Gasteiger partial charge in [0, 0.05) is 31.9 Å². The maximum absolute atomic E-state index is 13.1. The van der Waals surface area contributed by atoms with Gasteiger partial charge in [-0.3, -0.25) is 9.59 Å². The van der Waals surface area contributed by atoms with Crippen LogP contribution in [-0.4, -0.2) is 39.3 Å². The normalized spacial score (nSPS) is 10.8. The SMILES string of the molecule is CCCCC(=O)N(CCC)CC(=O)N(Cc1ccco1)Cc1cccn1C. The standard InChI is InChI=1S/C21H31N3O3/c1-4-6-11-20(25)23(12-5-2)17-21(26)24(16-19-10-8-14-27-19)15-18-9-7-13-22(18)3/h7-10,13-14H,4-6,11-12,15-17H2,1-3H3. The second-order valence-electron chi connectivity index (χ2n) is 6.86. The lowest BCUT2D eigenvalue weighted by Crippen LogP contribution is -2.42. The smallest absolute Gasteiger partial charge is 0.242 e. The van der Waals surface area contributed by atoms with Crippen molar-refractivity contribution in [3.05, 3.63) is 48.2 Å². The van der Waals surface area contributed by atoms with Gasteiger partial charge < -0.3 is 18.8 Å². The number of nitrogens with zero attached hydrogens (tertiary/aromatic N) is 3. The first-order chi connectivity index (χ1) is 13.0. The quantitative estimate of drug-likeness (QED) is 0.605. The number of carbonyl (C=O) groups is 2. The van der Waals surface area contributed by atoms with Gasteiger partial charge in [0.2, 0.25) is 11.8 Å². The van der Waals surface area contributed by atoms with E-state index in [-0.39, 0.29) is 18.4 Å². The zero-order chi connectivity index (χ0) is 19.6. The third-order valence-electron chi connectivity index (χ3n) is 4.60. The number of aryl methyl sites for hydroxylation is 1. The Morgan fingerprint density at radius 1 is 1.04 bits per heavy atom. The minimum Gasteiger partial charge on any atom is -0.467 e. The monoisotopic (exact) mass is 373 g/mol. The molecule has 2 aromatic rings. The lowest BCUT2D eigenvalue weighted by Gasteiger charge is -2.27. The van der Waals surface area contributed by atoms with Crippen molar-refractivity contribution in [2.75, 3.05) is 13.1 Å². The zero-order valence-electron chi connectivity index (χ0n) is 16.7. The number of aromatic nitrogens is 1. The van der Waals surface area contributed by atoms with Crippen molar-refractivity contribution in [1.82, 2.24) is 14.4 Å². The molecule has 2 aromatic heterocycles. The van der Waals surface area contributed by atoms with Gasteiger partial charge in [-0.2, -0.15) is 0 Å². The average Bonchev–Trinajstić information content (AvgIpc) is 3.30. The van der Waals surface area contributed by atoms with Gasteiger partial charge in [0.25, 0.3) is 0 Å². The third-order valence-corrected chi connectivity index (χ3v) is 4.60. The molecular weight excluding hydrogens is 342 g/mol. The first kappa shape index (κ1) is 20.8. The van der Waals surface area contributed by atoms with Crippen LogP contribution >= 0.6 is 0 Å². The molecule has 0 radical (unpaired) electrons. The Hall–Kier alpha value is -2.50. The van der Waals surface area contributed by atoms with E-state index in [1.165, 1.54) is 0 Å². The molecule has 0 N–H and O–H groups in total. The summed E-state index contributed by atoms with van der Waals surface area (Å²) in [4.78, 5) is 29.0. The molecule has 0 saturated heterocycles. The van der Waals surface area contributed by atoms with Crippen molar-refractivity contribution in [2.24, 2.45) is 7.05 Å². The summed E-state index contributed by atoms with van der Waals surface area (Å²) in [6.45, 7) is 5.67. The molecular formula is C21H31N3O3. The molecule has 0 fully saturated rings. The number of hydrogen-bond donors (Lipinski definition) is 0. The van der Waals surface area contributed by atoms with Crippen molar-refractivity contribution in [3.63, 3.8) is 0 Å². The highest BCUT2D eigenvalue weighted by atomic mass is 16.3. The lowest BCUT2D eigenvalue weighted by molar-refractivity contribution is -0.141. The van der Waals surface area contributed by atoms with Crippen molar-refractivity contribution < 1.29 is 14.0 Å². The Morgan fingerprint density at radius 2 is 1.85 bits per heavy atom. The topological polar surface area (TPSA) is 58.7 Å². The van der Waals surface area contributed by atoms with Crippen LogP contribution in [0.5, 0.6) is 0 Å². The molecule has 2 amide bonds. The van der Waals surface area contributed by atoms with Crippen LogP contribution in [0.3, 0.4) is 0 Å². The largest absolute Gasteiger partial charge is 0.467 e. The van der Waals surface area contributed by atoms with Gasteiger partial charge in [-0.25, -0.2) is 0 Å². The van der Waals surface area contributed by atoms with Crippen LogP contribution in [0, 0.1) is 0 Å². The predicted molar refractivity (Wildman–Crippen MR) is 105 cm³/mol. The Bertz CT molecular complexity index is 706. The first-order valence-corrected chi connectivity index (χ1v) is 9.73. The summed E-state index contributed by atoms with van der Waals surface area (Å²) in [7, 11) is 1.96. The van der Waals surface area contributed by atoms with Gasteiger partial charge >= 0.3 is 0 Å². The van der Waals surface area contributed by atoms with E-state index in [4.69, 9.17) is 4.42 Å². The van der Waals surface area contributed by atoms with Crippen LogP contribution < -0.4 is 0 Å². The molecule has 0 aliphatic rings. The zero-order valence-corrected chi connectivity index (χ0v) is 16.7. The van der Waals surface area contributed by atoms with Gasteiger partial charge in [0.15, 0.2) is 0 Å². The highest BCUT2D eigenvalue weighted by Gasteiger charge is 2.22. The minimum absolute atomic E-state index is 0.0591. The second kappa shape index (κ2) is 10.6. The molecule has 0 aromatic carbocycles. The molecule has 0 atom stereocenters. The summed E-state index contributed by atoms with van der Waals surface area (Å²) < 4.78 is 7.43. The number of hydrogen-bond acceptors (Lipinski definition) is 3. The first-order valence-electron chi connectivity index (χ1n) is 9.73. The predicted octanol–water partition coefficient (Wildman–Crippen LogP) is 3.58. The molecule has 0 unspecified atom stereocenters. The molecule has 148 valence electrons. The molecule has 6 heteroatoms. The fraction of sp³-hybridized carbons (Fsp3) is 0.524. The van der Waals surface area contributed by atoms with E-state index < -0.39 is 0 Å². The Kier molecular flexibility index (Phi) is 8.17. The summed E-state index contributed by atoms with van der Waals surface area (Å²) in [5.74, 6) is 0.728. The maximum atomic E-state index is 13.1. The Morgan fingerprint density at radius 3 is 2.44 bits per heavy atom. The molecule has 2 rings (SSSR count). The van der Waals surface area contributed by atoms with Crippen LogP contribution in [0.15, 0.2) is 41.1 Å². The van der Waals surface area contributed by atoms with E-state index in [0.717, 1.165) is 30.7 Å². The van der Waals surface area contributed by atoms with Crippen molar-refractivity contribution in [3.8, 4) is 0 Å². The minimum atomic E-state index is -0.0640. The summed E-state index contributed by atoms with van der Waals surface area (Å²) in [6, 6.07) is 7.64. The summed E-state index contributed by atoms with van der Waals surface area (Å²) in [6.07, 6.45) is 6.73. The molecule has 0 bridgehead atoms. The highest BCUT2D eigenvalue weighted by molar-refractivity contribution is 5.84. The fourth-order valence-electron chi connectivity index (χ4n) is 2.99. The van der Waals surface area contributed by atoms with Crippen LogP contribution in [0.25, 0.3) is 0 Å². The fourth-order valence-corrected chi connectivity index (χ4v) is 2.99. The van der Waals surface area contributed by atoms with E-state index >= 15 is 0 Å². The average molecular weight is 373 g/mol. The van der Waals surface area contributed by atoms with E-state index in [1.807, 2.05) is 49.0 Å². The number of rotatable bonds is 11. The van der Waals surface area contributed by atoms with Crippen LogP contribution in [-0.2, 0) is 29.7 Å². The van der Waals surface area contributed by atoms with Gasteiger partial charge in [-0.15, -0.1) is 0 Å². The molecule has 6 nitrogen and oxygen atoms in total. The number of furan rings is 1. The summed E-state index contributed by atoms with van der Waals surface area (Å²) >= 11 is 0. The molecule has 0 saturated carbocycles. The van der Waals surface area contributed by atoms with Gasteiger partial charge in [-0.05, 0) is 37.1 Å². The van der Waals surface area contributed by atoms with E-state index in [2.05, 4.69) is 6.92 Å². The maximum Gasteiger partial charge on any atom is 0.242 e. The summed E-state index contributed by atoms with van der Waals surface area (Å²) in [5.41, 5.74) is 1.04. The van der Waals surface area contributed by atoms with Crippen LogP contribution in [0.4, 0.5) is 0 Å². The highest BCUT2D eigenvalue weighted by Crippen LogP contribution is 2.12. The van der Waals surface area contributed by atoms with Crippen LogP contribution in [0.1, 0.15) is 51.0 Å². The molecule has 27 heavy (non-hydrogen) atoms. The van der Waals surface area contributed by atoms with Crippen molar-refractivity contribution in [1.29, 1.82) is 0 Å². The lowest BCUT2D eigenvalue weighted by atomic mass is 10.2. The Labute approximate surface area is 161 Å². The van der Waals surface area contributed by atoms with Gasteiger partial charge in [0.1, 0.15) is 5.76 Å². The number of amides is 2. The van der Waals surface area contributed by atoms with Gasteiger partial charge in [-0.1, -0.05) is 20.3 Å². The van der Waals surface area contributed by atoms with E-state index in [1.54, 1.807) is 16.1 Å². The number of carbonyl (C=O) groups excluding carboxylic acids is 2. The van der Waals surface area contributed by atoms with Crippen molar-refractivity contribution >= 4 is 11.8 Å². The van der Waals surface area contributed by atoms with Crippen LogP contribution in [0.2, 0.25) is 0 Å². The molecule has 0 aliphatic carbocycles. The second-order valence-corrected chi connectivity index (χ2v) is 6.86. The number of unbranched alkanes of at least 4 members (excludes halogenated alkanes) is 1. The van der Waals surface area contributed by atoms with Gasteiger partial charge in [0.05, 0.1) is 25.9 Å². The molecule has 0 spiro atoms. The van der Waals surface area contributed by atoms with Crippen molar-refractivity contribution in [2.45, 2.75) is 52.6 Å². The molecule has 0 aliphatic heterocycles.